The zero-order valence-corrected chi connectivity index (χ0v) is 14.3. The van der Waals surface area contributed by atoms with Crippen LogP contribution in [0.15, 0.2) is 24.3 Å². The third kappa shape index (κ3) is 3.86. The molecule has 0 unspecified atom stereocenters. The molecule has 1 aromatic carbocycles. The summed E-state index contributed by atoms with van der Waals surface area (Å²) in [5.74, 6) is 1.76. The van der Waals surface area contributed by atoms with Gasteiger partial charge in [-0.25, -0.2) is 0 Å². The highest BCUT2D eigenvalue weighted by atomic mass is 16.5. The SMILES string of the molecule is COc1cccc(C(=O)N2CCN(C3CCC(C)CC3)CC2)c1. The van der Waals surface area contributed by atoms with Gasteiger partial charge in [-0.2, -0.15) is 0 Å². The number of ether oxygens (including phenoxy) is 1. The lowest BCUT2D eigenvalue weighted by molar-refractivity contribution is 0.0501. The zero-order chi connectivity index (χ0) is 16.2. The molecule has 2 aliphatic rings. The largest absolute Gasteiger partial charge is 0.497 e. The Morgan fingerprint density at radius 2 is 1.78 bits per heavy atom. The van der Waals surface area contributed by atoms with Crippen LogP contribution in [0.2, 0.25) is 0 Å². The van der Waals surface area contributed by atoms with E-state index in [0.29, 0.717) is 0 Å². The second kappa shape index (κ2) is 7.35. The third-order valence-electron chi connectivity index (χ3n) is 5.42. The molecule has 1 aliphatic heterocycles. The van der Waals surface area contributed by atoms with Crippen LogP contribution >= 0.6 is 0 Å². The standard InChI is InChI=1S/C19H28N2O2/c1-15-6-8-17(9-7-15)20-10-12-21(13-11-20)19(22)16-4-3-5-18(14-16)23-2/h3-5,14-15,17H,6-13H2,1-2H3. The smallest absolute Gasteiger partial charge is 0.254 e. The van der Waals surface area contributed by atoms with Gasteiger partial charge in [0.25, 0.3) is 5.91 Å². The average Bonchev–Trinajstić information content (AvgIpc) is 2.62. The minimum atomic E-state index is 0.126. The summed E-state index contributed by atoms with van der Waals surface area (Å²) in [6.07, 6.45) is 5.36. The highest BCUT2D eigenvalue weighted by Gasteiger charge is 2.28. The van der Waals surface area contributed by atoms with Crippen molar-refractivity contribution in [2.75, 3.05) is 33.3 Å². The molecule has 1 amide bonds. The van der Waals surface area contributed by atoms with Gasteiger partial charge in [-0.3, -0.25) is 9.69 Å². The van der Waals surface area contributed by atoms with Crippen LogP contribution in [0, 0.1) is 5.92 Å². The van der Waals surface area contributed by atoms with Crippen LogP contribution in [0.25, 0.3) is 0 Å². The number of hydrogen-bond acceptors (Lipinski definition) is 3. The van der Waals surface area contributed by atoms with Crippen molar-refractivity contribution in [1.29, 1.82) is 0 Å². The molecule has 4 heteroatoms. The molecule has 23 heavy (non-hydrogen) atoms. The van der Waals surface area contributed by atoms with E-state index in [1.165, 1.54) is 25.7 Å². The highest BCUT2D eigenvalue weighted by Crippen LogP contribution is 2.28. The molecular formula is C19H28N2O2. The fourth-order valence-electron chi connectivity index (χ4n) is 3.84. The van der Waals surface area contributed by atoms with E-state index in [1.54, 1.807) is 7.11 Å². The second-order valence-corrected chi connectivity index (χ2v) is 6.97. The summed E-state index contributed by atoms with van der Waals surface area (Å²) in [7, 11) is 1.63. The van der Waals surface area contributed by atoms with Crippen LogP contribution in [0.1, 0.15) is 43.0 Å². The molecule has 126 valence electrons. The van der Waals surface area contributed by atoms with Gasteiger partial charge in [0, 0.05) is 37.8 Å². The van der Waals surface area contributed by atoms with Crippen molar-refractivity contribution in [3.05, 3.63) is 29.8 Å². The molecule has 1 saturated carbocycles. The normalized spacial score (nSPS) is 26.1. The predicted octanol–water partition coefficient (Wildman–Crippen LogP) is 3.03. The Morgan fingerprint density at radius 3 is 2.43 bits per heavy atom. The second-order valence-electron chi connectivity index (χ2n) is 6.97. The maximum atomic E-state index is 12.6. The minimum absolute atomic E-state index is 0.126. The van der Waals surface area contributed by atoms with Gasteiger partial charge in [0.2, 0.25) is 0 Å². The Bertz CT molecular complexity index is 530. The summed E-state index contributed by atoms with van der Waals surface area (Å²) in [4.78, 5) is 17.2. The quantitative estimate of drug-likeness (QED) is 0.859. The van der Waals surface area contributed by atoms with Gasteiger partial charge in [-0.1, -0.05) is 13.0 Å². The highest BCUT2D eigenvalue weighted by molar-refractivity contribution is 5.94. The first kappa shape index (κ1) is 16.3. The molecule has 1 saturated heterocycles. The first-order chi connectivity index (χ1) is 11.2. The topological polar surface area (TPSA) is 32.8 Å². The van der Waals surface area contributed by atoms with Crippen molar-refractivity contribution >= 4 is 5.91 Å². The number of hydrogen-bond donors (Lipinski definition) is 0. The van der Waals surface area contributed by atoms with Gasteiger partial charge in [-0.05, 0) is 49.8 Å². The van der Waals surface area contributed by atoms with Crippen molar-refractivity contribution in [2.24, 2.45) is 5.92 Å². The molecule has 0 bridgehead atoms. The summed E-state index contributed by atoms with van der Waals surface area (Å²) in [6, 6.07) is 8.20. The predicted molar refractivity (Wildman–Crippen MR) is 91.9 cm³/mol. The van der Waals surface area contributed by atoms with Gasteiger partial charge in [-0.15, -0.1) is 0 Å². The number of nitrogens with zero attached hydrogens (tertiary/aromatic N) is 2. The Labute approximate surface area is 139 Å². The minimum Gasteiger partial charge on any atom is -0.497 e. The van der Waals surface area contributed by atoms with E-state index in [4.69, 9.17) is 4.74 Å². The maximum Gasteiger partial charge on any atom is 0.254 e. The molecular weight excluding hydrogens is 288 g/mol. The van der Waals surface area contributed by atoms with Gasteiger partial charge >= 0.3 is 0 Å². The van der Waals surface area contributed by atoms with Crippen molar-refractivity contribution < 1.29 is 9.53 Å². The Hall–Kier alpha value is -1.55. The lowest BCUT2D eigenvalue weighted by Crippen LogP contribution is -2.52. The van der Waals surface area contributed by atoms with E-state index < -0.39 is 0 Å². The van der Waals surface area contributed by atoms with Gasteiger partial charge in [0.15, 0.2) is 0 Å². The molecule has 4 nitrogen and oxygen atoms in total. The van der Waals surface area contributed by atoms with Gasteiger partial charge < -0.3 is 9.64 Å². The fourth-order valence-corrected chi connectivity index (χ4v) is 3.84. The molecule has 2 fully saturated rings. The molecule has 0 spiro atoms. The average molecular weight is 316 g/mol. The molecule has 0 aromatic heterocycles. The van der Waals surface area contributed by atoms with E-state index in [1.807, 2.05) is 29.2 Å². The molecule has 1 heterocycles. The Morgan fingerprint density at radius 1 is 1.09 bits per heavy atom. The monoisotopic (exact) mass is 316 g/mol. The molecule has 0 radical (unpaired) electrons. The van der Waals surface area contributed by atoms with Crippen molar-refractivity contribution in [1.82, 2.24) is 9.80 Å². The first-order valence-electron chi connectivity index (χ1n) is 8.84. The number of piperazine rings is 1. The van der Waals surface area contributed by atoms with Crippen LogP contribution in [0.3, 0.4) is 0 Å². The number of rotatable bonds is 3. The summed E-state index contributed by atoms with van der Waals surface area (Å²) in [5, 5.41) is 0. The fraction of sp³-hybridized carbons (Fsp3) is 0.632. The number of carbonyl (C=O) groups is 1. The summed E-state index contributed by atoms with van der Waals surface area (Å²) < 4.78 is 5.22. The summed E-state index contributed by atoms with van der Waals surface area (Å²) in [6.45, 7) is 6.05. The van der Waals surface area contributed by atoms with Crippen molar-refractivity contribution in [3.8, 4) is 5.75 Å². The number of methoxy groups -OCH3 is 1. The van der Waals surface area contributed by atoms with Crippen LogP contribution in [-0.2, 0) is 0 Å². The van der Waals surface area contributed by atoms with Crippen molar-refractivity contribution in [2.45, 2.75) is 38.6 Å². The van der Waals surface area contributed by atoms with Crippen LogP contribution < -0.4 is 4.74 Å². The lowest BCUT2D eigenvalue weighted by atomic mass is 9.86. The summed E-state index contributed by atoms with van der Waals surface area (Å²) >= 11 is 0. The first-order valence-corrected chi connectivity index (χ1v) is 8.84. The van der Waals surface area contributed by atoms with Gasteiger partial charge in [0.1, 0.15) is 5.75 Å². The Kier molecular flexibility index (Phi) is 5.21. The van der Waals surface area contributed by atoms with Crippen LogP contribution in [-0.4, -0.2) is 55.0 Å². The molecule has 3 rings (SSSR count). The molecule has 1 aliphatic carbocycles. The van der Waals surface area contributed by atoms with Gasteiger partial charge in [0.05, 0.1) is 7.11 Å². The van der Waals surface area contributed by atoms with E-state index in [2.05, 4.69) is 11.8 Å². The zero-order valence-electron chi connectivity index (χ0n) is 14.3. The van der Waals surface area contributed by atoms with E-state index in [9.17, 15) is 4.79 Å². The number of carbonyl (C=O) groups excluding carboxylic acids is 1. The van der Waals surface area contributed by atoms with E-state index in [0.717, 1.165) is 49.5 Å². The van der Waals surface area contributed by atoms with Crippen molar-refractivity contribution in [3.63, 3.8) is 0 Å². The van der Waals surface area contributed by atoms with E-state index >= 15 is 0 Å². The third-order valence-corrected chi connectivity index (χ3v) is 5.42. The lowest BCUT2D eigenvalue weighted by Gasteiger charge is -2.41. The maximum absolute atomic E-state index is 12.6. The molecule has 0 N–H and O–H groups in total. The molecule has 0 atom stereocenters. The molecule has 1 aromatic rings. The Balaban J connectivity index is 1.55. The summed E-state index contributed by atoms with van der Waals surface area (Å²) in [5.41, 5.74) is 0.726. The van der Waals surface area contributed by atoms with Crippen LogP contribution in [0.5, 0.6) is 5.75 Å². The van der Waals surface area contributed by atoms with E-state index in [-0.39, 0.29) is 5.91 Å². The number of benzene rings is 1. The van der Waals surface area contributed by atoms with Crippen LogP contribution in [0.4, 0.5) is 0 Å². The number of amides is 1.